The lowest BCUT2D eigenvalue weighted by Crippen LogP contribution is -2.19. The van der Waals surface area contributed by atoms with Crippen LogP contribution < -0.4 is 9.47 Å². The number of para-hydroxylation sites is 1. The van der Waals surface area contributed by atoms with Gasteiger partial charge >= 0.3 is 0 Å². The minimum atomic E-state index is -0.424. The second-order valence-corrected chi connectivity index (χ2v) is 4.46. The second-order valence-electron chi connectivity index (χ2n) is 4.20. The molecule has 20 heavy (non-hydrogen) atoms. The van der Waals surface area contributed by atoms with Gasteiger partial charge in [-0.3, -0.25) is 4.79 Å². The van der Waals surface area contributed by atoms with E-state index in [1.807, 2.05) is 37.3 Å². The zero-order valence-electron chi connectivity index (χ0n) is 11.1. The summed E-state index contributed by atoms with van der Waals surface area (Å²) in [6.45, 7) is 1.81. The van der Waals surface area contributed by atoms with Crippen molar-refractivity contribution in [2.75, 3.05) is 5.88 Å². The average molecular weight is 291 g/mol. The van der Waals surface area contributed by atoms with E-state index < -0.39 is 6.29 Å². The molecule has 0 radical (unpaired) electrons. The lowest BCUT2D eigenvalue weighted by atomic mass is 10.1. The van der Waals surface area contributed by atoms with Gasteiger partial charge in [-0.15, -0.1) is 11.6 Å². The Bertz CT molecular complexity index is 552. The maximum atomic E-state index is 11.4. The van der Waals surface area contributed by atoms with Crippen molar-refractivity contribution in [2.24, 2.45) is 0 Å². The lowest BCUT2D eigenvalue weighted by molar-refractivity contribution is 0.0223. The molecule has 0 aliphatic carbocycles. The molecule has 1 atom stereocenters. The zero-order valence-corrected chi connectivity index (χ0v) is 11.8. The maximum absolute atomic E-state index is 11.4. The SMILES string of the molecule is CC(Oc1ccccc1)Oc1ccc(C(=O)CCl)cc1. The summed E-state index contributed by atoms with van der Waals surface area (Å²) >= 11 is 5.50. The van der Waals surface area contributed by atoms with E-state index in [0.717, 1.165) is 5.75 Å². The summed E-state index contributed by atoms with van der Waals surface area (Å²) in [4.78, 5) is 11.4. The maximum Gasteiger partial charge on any atom is 0.238 e. The van der Waals surface area contributed by atoms with Crippen molar-refractivity contribution in [3.05, 3.63) is 60.2 Å². The third-order valence-corrected chi connectivity index (χ3v) is 2.89. The Morgan fingerprint density at radius 3 is 2.10 bits per heavy atom. The first-order valence-electron chi connectivity index (χ1n) is 6.26. The topological polar surface area (TPSA) is 35.5 Å². The van der Waals surface area contributed by atoms with Crippen LogP contribution in [0, 0.1) is 0 Å². The Morgan fingerprint density at radius 2 is 1.55 bits per heavy atom. The number of carbonyl (C=O) groups is 1. The number of halogens is 1. The minimum Gasteiger partial charge on any atom is -0.455 e. The molecule has 0 heterocycles. The monoisotopic (exact) mass is 290 g/mol. The standard InChI is InChI=1S/C16H15ClO3/c1-12(19-14-5-3-2-4-6-14)20-15-9-7-13(8-10-15)16(18)11-17/h2-10,12H,11H2,1H3. The van der Waals surface area contributed by atoms with Gasteiger partial charge in [-0.05, 0) is 36.4 Å². The molecule has 0 bridgehead atoms. The molecule has 0 spiro atoms. The molecule has 0 N–H and O–H groups in total. The number of ketones is 1. The molecule has 0 amide bonds. The summed E-state index contributed by atoms with van der Waals surface area (Å²) in [5.74, 6) is 1.26. The molecule has 0 saturated carbocycles. The van der Waals surface area contributed by atoms with E-state index in [1.165, 1.54) is 0 Å². The molecule has 0 fully saturated rings. The van der Waals surface area contributed by atoms with Gasteiger partial charge in [-0.1, -0.05) is 18.2 Å². The van der Waals surface area contributed by atoms with Crippen molar-refractivity contribution in [3.63, 3.8) is 0 Å². The van der Waals surface area contributed by atoms with E-state index in [4.69, 9.17) is 21.1 Å². The molecule has 2 aromatic carbocycles. The van der Waals surface area contributed by atoms with Crippen molar-refractivity contribution in [1.82, 2.24) is 0 Å². The molecule has 2 rings (SSSR count). The molecule has 104 valence electrons. The Balaban J connectivity index is 1.94. The molecule has 0 aliphatic rings. The van der Waals surface area contributed by atoms with Gasteiger partial charge in [-0.2, -0.15) is 0 Å². The Kier molecular flexibility index (Phi) is 5.02. The number of benzene rings is 2. The second kappa shape index (κ2) is 6.96. The van der Waals surface area contributed by atoms with Gasteiger partial charge in [0.2, 0.25) is 6.29 Å². The Morgan fingerprint density at radius 1 is 1.00 bits per heavy atom. The van der Waals surface area contributed by atoms with Crippen molar-refractivity contribution in [3.8, 4) is 11.5 Å². The normalized spacial score (nSPS) is 11.7. The molecule has 3 nitrogen and oxygen atoms in total. The number of hydrogen-bond donors (Lipinski definition) is 0. The number of rotatable bonds is 6. The summed E-state index contributed by atoms with van der Waals surface area (Å²) in [5.41, 5.74) is 0.573. The van der Waals surface area contributed by atoms with Gasteiger partial charge in [0, 0.05) is 12.5 Å². The van der Waals surface area contributed by atoms with Crippen molar-refractivity contribution >= 4 is 17.4 Å². The van der Waals surface area contributed by atoms with Crippen LogP contribution in [-0.4, -0.2) is 18.0 Å². The van der Waals surface area contributed by atoms with Crippen LogP contribution in [0.15, 0.2) is 54.6 Å². The summed E-state index contributed by atoms with van der Waals surface area (Å²) in [6.07, 6.45) is -0.424. The Labute approximate surface area is 123 Å². The van der Waals surface area contributed by atoms with Crippen molar-refractivity contribution in [2.45, 2.75) is 13.2 Å². The smallest absolute Gasteiger partial charge is 0.238 e. The van der Waals surface area contributed by atoms with E-state index in [2.05, 4.69) is 0 Å². The predicted octanol–water partition coefficient (Wildman–Crippen LogP) is 3.91. The number of ether oxygens (including phenoxy) is 2. The van der Waals surface area contributed by atoms with E-state index in [0.29, 0.717) is 11.3 Å². The minimum absolute atomic E-state index is 0.0201. The fourth-order valence-corrected chi connectivity index (χ4v) is 1.86. The highest BCUT2D eigenvalue weighted by molar-refractivity contribution is 6.30. The van der Waals surface area contributed by atoms with E-state index in [9.17, 15) is 4.79 Å². The van der Waals surface area contributed by atoms with Crippen LogP contribution in [0.25, 0.3) is 0 Å². The van der Waals surface area contributed by atoms with Crippen LogP contribution in [0.5, 0.6) is 11.5 Å². The number of Topliss-reactive ketones (excluding diaryl/α,β-unsaturated/α-hetero) is 1. The number of hydrogen-bond acceptors (Lipinski definition) is 3. The summed E-state index contributed by atoms with van der Waals surface area (Å²) in [7, 11) is 0. The molecular formula is C16H15ClO3. The van der Waals surface area contributed by atoms with Gasteiger partial charge in [-0.25, -0.2) is 0 Å². The third kappa shape index (κ3) is 4.00. The van der Waals surface area contributed by atoms with Crippen LogP contribution in [-0.2, 0) is 0 Å². The lowest BCUT2D eigenvalue weighted by Gasteiger charge is -2.16. The molecule has 0 aliphatic heterocycles. The molecular weight excluding hydrogens is 276 g/mol. The van der Waals surface area contributed by atoms with E-state index in [1.54, 1.807) is 24.3 Å². The van der Waals surface area contributed by atoms with E-state index >= 15 is 0 Å². The first-order chi connectivity index (χ1) is 9.69. The molecule has 1 unspecified atom stereocenters. The fourth-order valence-electron chi connectivity index (χ4n) is 1.70. The third-order valence-electron chi connectivity index (χ3n) is 2.64. The van der Waals surface area contributed by atoms with Gasteiger partial charge in [0.25, 0.3) is 0 Å². The quantitative estimate of drug-likeness (QED) is 0.460. The highest BCUT2D eigenvalue weighted by Gasteiger charge is 2.07. The number of alkyl halides is 1. The average Bonchev–Trinajstić information content (AvgIpc) is 2.48. The summed E-state index contributed by atoms with van der Waals surface area (Å²) in [5, 5.41) is 0. The van der Waals surface area contributed by atoms with Crippen LogP contribution >= 0.6 is 11.6 Å². The largest absolute Gasteiger partial charge is 0.455 e. The van der Waals surface area contributed by atoms with Crippen LogP contribution in [0.1, 0.15) is 17.3 Å². The zero-order chi connectivity index (χ0) is 14.4. The van der Waals surface area contributed by atoms with Gasteiger partial charge in [0.1, 0.15) is 11.5 Å². The van der Waals surface area contributed by atoms with Crippen LogP contribution in [0.3, 0.4) is 0 Å². The first-order valence-corrected chi connectivity index (χ1v) is 6.80. The van der Waals surface area contributed by atoms with Crippen molar-refractivity contribution in [1.29, 1.82) is 0 Å². The number of carbonyl (C=O) groups excluding carboxylic acids is 1. The molecule has 0 aromatic heterocycles. The summed E-state index contributed by atoms with van der Waals surface area (Å²) < 4.78 is 11.2. The van der Waals surface area contributed by atoms with Crippen molar-refractivity contribution < 1.29 is 14.3 Å². The van der Waals surface area contributed by atoms with Gasteiger partial charge in [0.05, 0.1) is 5.88 Å². The molecule has 2 aromatic rings. The van der Waals surface area contributed by atoms with Gasteiger partial charge < -0.3 is 9.47 Å². The van der Waals surface area contributed by atoms with Crippen LogP contribution in [0.2, 0.25) is 0 Å². The fraction of sp³-hybridized carbons (Fsp3) is 0.188. The van der Waals surface area contributed by atoms with E-state index in [-0.39, 0.29) is 11.7 Å². The van der Waals surface area contributed by atoms with Gasteiger partial charge in [0.15, 0.2) is 5.78 Å². The Hall–Kier alpha value is -2.00. The molecule has 0 saturated heterocycles. The molecule has 4 heteroatoms. The summed E-state index contributed by atoms with van der Waals surface area (Å²) in [6, 6.07) is 16.3. The highest BCUT2D eigenvalue weighted by atomic mass is 35.5. The first kappa shape index (κ1) is 14.4. The van der Waals surface area contributed by atoms with Crippen LogP contribution in [0.4, 0.5) is 0 Å². The predicted molar refractivity (Wildman–Crippen MR) is 78.7 cm³/mol. The highest BCUT2D eigenvalue weighted by Crippen LogP contribution is 2.17.